The Balaban J connectivity index is 1.21. The van der Waals surface area contributed by atoms with E-state index in [1.807, 2.05) is 42.5 Å². The van der Waals surface area contributed by atoms with Gasteiger partial charge in [-0.1, -0.05) is 42.5 Å². The average Bonchev–Trinajstić information content (AvgIpc) is 3.80. The van der Waals surface area contributed by atoms with Crippen molar-refractivity contribution in [2.45, 2.75) is 38.1 Å². The molecule has 12 nitrogen and oxygen atoms in total. The summed E-state index contributed by atoms with van der Waals surface area (Å²) in [4.78, 5) is 57.5. The van der Waals surface area contributed by atoms with Gasteiger partial charge in [-0.3, -0.25) is 24.6 Å². The van der Waals surface area contributed by atoms with Gasteiger partial charge in [0.25, 0.3) is 5.91 Å². The van der Waals surface area contributed by atoms with Crippen LogP contribution in [0.5, 0.6) is 0 Å². The van der Waals surface area contributed by atoms with Crippen molar-refractivity contribution >= 4 is 40.9 Å². The fraction of sp³-hybridized carbons (Fsp3) is 0.323. The second-order valence-corrected chi connectivity index (χ2v) is 11.5. The average molecular weight is 620 g/mol. The molecule has 2 aliphatic rings. The fourth-order valence-electron chi connectivity index (χ4n) is 5.12. The maximum atomic E-state index is 13.5. The third kappa shape index (κ3) is 7.13. The maximum absolute atomic E-state index is 13.5. The zero-order chi connectivity index (χ0) is 31.3. The quantitative estimate of drug-likeness (QED) is 0.170. The minimum atomic E-state index is -1.08. The number of amides is 3. The van der Waals surface area contributed by atoms with Crippen molar-refractivity contribution in [3.05, 3.63) is 82.0 Å². The summed E-state index contributed by atoms with van der Waals surface area (Å²) in [5.41, 5.74) is 5.17. The van der Waals surface area contributed by atoms with E-state index in [2.05, 4.69) is 21.0 Å². The van der Waals surface area contributed by atoms with Crippen molar-refractivity contribution in [3.8, 4) is 11.1 Å². The van der Waals surface area contributed by atoms with Gasteiger partial charge in [0.1, 0.15) is 6.04 Å². The largest absolute Gasteiger partial charge is 0.347 e. The molecule has 1 spiro atoms. The monoisotopic (exact) mass is 619 g/mol. The Morgan fingerprint density at radius 1 is 1.05 bits per heavy atom. The number of carbonyl (C=O) groups is 4. The highest BCUT2D eigenvalue weighted by Crippen LogP contribution is 2.35. The standard InChI is InChI=1S/C31H33N5O7S/c1-19(26-14-24(17-44-26)28(32)35-43-20(2)37)34-30(40)25-15-31(41-12-13-42-31)18-36(25)27(38)16-33-29(39)23-10-8-22(9-11-23)21-6-4-3-5-7-21/h3-11,14,17,19,25H,12-13,15-16,18H2,1-2H3,(H2,32,35)(H,33,39)(H,34,40)/t19-,25+/m1/s1. The molecule has 2 aliphatic heterocycles. The number of hydrogen-bond acceptors (Lipinski definition) is 9. The van der Waals surface area contributed by atoms with Crippen LogP contribution in [0.3, 0.4) is 0 Å². The molecule has 4 N–H and O–H groups in total. The molecule has 2 aromatic carbocycles. The molecule has 0 bridgehead atoms. The molecule has 2 saturated heterocycles. The SMILES string of the molecule is CC(=O)ONC(=N)c1csc([C@@H](C)NC(=O)[C@@H]2CC3(CN2C(=O)CNC(=O)c2ccc(-c4ccccc4)cc2)OCCO3)c1. The van der Waals surface area contributed by atoms with Crippen LogP contribution in [0.1, 0.15) is 47.1 Å². The Morgan fingerprint density at radius 3 is 2.41 bits per heavy atom. The van der Waals surface area contributed by atoms with Crippen LogP contribution in [0.15, 0.2) is 66.0 Å². The molecule has 3 amide bonds. The van der Waals surface area contributed by atoms with Gasteiger partial charge in [-0.05, 0) is 36.2 Å². The molecule has 230 valence electrons. The first kappa shape index (κ1) is 30.9. The molecule has 3 aromatic rings. The van der Waals surface area contributed by atoms with Crippen LogP contribution in [-0.4, -0.2) is 72.6 Å². The number of amidine groups is 1. The normalized spacial score (nSPS) is 17.6. The lowest BCUT2D eigenvalue weighted by atomic mass is 10.0. The van der Waals surface area contributed by atoms with Gasteiger partial charge in [-0.2, -0.15) is 0 Å². The number of benzene rings is 2. The third-order valence-corrected chi connectivity index (χ3v) is 8.49. The van der Waals surface area contributed by atoms with Gasteiger partial charge in [0.2, 0.25) is 11.8 Å². The number of ether oxygens (including phenoxy) is 2. The molecule has 0 saturated carbocycles. The Hall–Kier alpha value is -4.59. The first-order chi connectivity index (χ1) is 21.1. The van der Waals surface area contributed by atoms with E-state index in [0.717, 1.165) is 16.0 Å². The van der Waals surface area contributed by atoms with Gasteiger partial charge < -0.3 is 29.8 Å². The molecule has 5 rings (SSSR count). The number of nitrogens with one attached hydrogen (secondary N) is 4. The summed E-state index contributed by atoms with van der Waals surface area (Å²) >= 11 is 1.33. The summed E-state index contributed by atoms with van der Waals surface area (Å²) in [5, 5.41) is 15.3. The minimum absolute atomic E-state index is 0.0576. The molecule has 0 aliphatic carbocycles. The molecule has 44 heavy (non-hydrogen) atoms. The van der Waals surface area contributed by atoms with Gasteiger partial charge in [0.15, 0.2) is 11.6 Å². The predicted octanol–water partition coefficient (Wildman–Crippen LogP) is 2.76. The van der Waals surface area contributed by atoms with Gasteiger partial charge in [0.05, 0.1) is 32.3 Å². The molecule has 0 radical (unpaired) electrons. The number of likely N-dealkylation sites (tertiary alicyclic amines) is 1. The number of hydroxylamine groups is 1. The Kier molecular flexibility index (Phi) is 9.37. The first-order valence-electron chi connectivity index (χ1n) is 14.1. The highest BCUT2D eigenvalue weighted by atomic mass is 32.1. The number of hydrogen-bond donors (Lipinski definition) is 4. The molecule has 13 heteroatoms. The van der Waals surface area contributed by atoms with Gasteiger partial charge >= 0.3 is 5.97 Å². The van der Waals surface area contributed by atoms with E-state index < -0.39 is 41.6 Å². The fourth-order valence-corrected chi connectivity index (χ4v) is 6.03. The minimum Gasteiger partial charge on any atom is -0.347 e. The lowest BCUT2D eigenvalue weighted by molar-refractivity contribution is -0.152. The number of rotatable bonds is 8. The van der Waals surface area contributed by atoms with E-state index in [1.165, 1.54) is 23.2 Å². The summed E-state index contributed by atoms with van der Waals surface area (Å²) in [5.74, 6) is -2.99. The molecule has 1 aromatic heterocycles. The summed E-state index contributed by atoms with van der Waals surface area (Å²) in [7, 11) is 0. The zero-order valence-electron chi connectivity index (χ0n) is 24.3. The predicted molar refractivity (Wildman–Crippen MR) is 162 cm³/mol. The van der Waals surface area contributed by atoms with Gasteiger partial charge in [-0.25, -0.2) is 5.48 Å². The Morgan fingerprint density at radius 2 is 1.73 bits per heavy atom. The first-order valence-corrected chi connectivity index (χ1v) is 14.9. The van der Waals surface area contributed by atoms with Crippen LogP contribution in [0.4, 0.5) is 0 Å². The van der Waals surface area contributed by atoms with Crippen LogP contribution in [-0.2, 0) is 28.7 Å². The van der Waals surface area contributed by atoms with Crippen LogP contribution >= 0.6 is 11.3 Å². The van der Waals surface area contributed by atoms with Crippen LogP contribution < -0.4 is 16.1 Å². The van der Waals surface area contributed by atoms with E-state index in [0.29, 0.717) is 24.3 Å². The summed E-state index contributed by atoms with van der Waals surface area (Å²) in [6.45, 7) is 3.47. The van der Waals surface area contributed by atoms with E-state index in [9.17, 15) is 19.2 Å². The lowest BCUT2D eigenvalue weighted by Gasteiger charge is -2.25. The van der Waals surface area contributed by atoms with Gasteiger partial charge in [0, 0.05) is 34.7 Å². The van der Waals surface area contributed by atoms with E-state index in [-0.39, 0.29) is 25.3 Å². The third-order valence-electron chi connectivity index (χ3n) is 7.37. The molecule has 2 atom stereocenters. The topological polar surface area (TPSA) is 159 Å². The number of carbonyl (C=O) groups excluding carboxylic acids is 4. The summed E-state index contributed by atoms with van der Waals surface area (Å²) in [6, 6.07) is 17.3. The second-order valence-electron chi connectivity index (χ2n) is 10.5. The van der Waals surface area contributed by atoms with Crippen LogP contribution in [0.2, 0.25) is 0 Å². The van der Waals surface area contributed by atoms with Crippen molar-refractivity contribution in [1.29, 1.82) is 5.41 Å². The van der Waals surface area contributed by atoms with Crippen molar-refractivity contribution in [1.82, 2.24) is 21.0 Å². The van der Waals surface area contributed by atoms with E-state index in [4.69, 9.17) is 14.9 Å². The highest BCUT2D eigenvalue weighted by molar-refractivity contribution is 7.10. The van der Waals surface area contributed by atoms with Gasteiger partial charge in [-0.15, -0.1) is 11.3 Å². The van der Waals surface area contributed by atoms with E-state index >= 15 is 0 Å². The molecule has 2 fully saturated rings. The Bertz CT molecular complexity index is 1540. The summed E-state index contributed by atoms with van der Waals surface area (Å²) in [6.07, 6.45) is 0.152. The van der Waals surface area contributed by atoms with Crippen molar-refractivity contribution in [2.24, 2.45) is 0 Å². The van der Waals surface area contributed by atoms with Crippen LogP contribution in [0.25, 0.3) is 11.1 Å². The molecular weight excluding hydrogens is 586 g/mol. The summed E-state index contributed by atoms with van der Waals surface area (Å²) < 4.78 is 11.6. The number of thiophene rings is 1. The smallest absolute Gasteiger partial charge is 0.329 e. The molecule has 3 heterocycles. The van der Waals surface area contributed by atoms with E-state index in [1.54, 1.807) is 30.5 Å². The van der Waals surface area contributed by atoms with Crippen molar-refractivity contribution in [3.63, 3.8) is 0 Å². The Labute approximate surface area is 258 Å². The maximum Gasteiger partial charge on any atom is 0.329 e. The second kappa shape index (κ2) is 13.4. The zero-order valence-corrected chi connectivity index (χ0v) is 25.1. The lowest BCUT2D eigenvalue weighted by Crippen LogP contribution is -2.49. The van der Waals surface area contributed by atoms with Crippen LogP contribution in [0, 0.1) is 5.41 Å². The van der Waals surface area contributed by atoms with Crippen molar-refractivity contribution in [2.75, 3.05) is 26.3 Å². The molecule has 0 unspecified atom stereocenters. The number of nitrogens with zero attached hydrogens (tertiary/aromatic N) is 1. The van der Waals surface area contributed by atoms with Crippen molar-refractivity contribution < 1.29 is 33.5 Å². The highest BCUT2D eigenvalue weighted by Gasteiger charge is 2.52. The molecular formula is C31H33N5O7S.